The Balaban J connectivity index is 1.46. The molecule has 0 bridgehead atoms. The molecule has 2 heterocycles. The van der Waals surface area contributed by atoms with E-state index in [2.05, 4.69) is 38.1 Å². The van der Waals surface area contributed by atoms with E-state index in [0.717, 1.165) is 10.2 Å². The Morgan fingerprint density at radius 3 is 2.43 bits per heavy atom. The maximum absolute atomic E-state index is 14.0. The maximum atomic E-state index is 14.0. The summed E-state index contributed by atoms with van der Waals surface area (Å²) in [6, 6.07) is 22.4. The van der Waals surface area contributed by atoms with Crippen LogP contribution >= 0.6 is 11.6 Å². The van der Waals surface area contributed by atoms with Gasteiger partial charge in [0.25, 0.3) is 0 Å². The van der Waals surface area contributed by atoms with Crippen LogP contribution in [0.15, 0.2) is 79.1 Å². The highest BCUT2D eigenvalue weighted by Crippen LogP contribution is 2.55. The Morgan fingerprint density at radius 2 is 1.79 bits per heavy atom. The third kappa shape index (κ3) is 5.95. The minimum atomic E-state index is -4.51. The Kier molecular flexibility index (Phi) is 8.28. The van der Waals surface area contributed by atoms with Gasteiger partial charge in [-0.1, -0.05) is 59.3 Å². The monoisotopic (exact) mass is 656 g/mol. The van der Waals surface area contributed by atoms with Gasteiger partial charge >= 0.3 is 6.18 Å². The third-order valence-electron chi connectivity index (χ3n) is 8.62. The van der Waals surface area contributed by atoms with E-state index in [9.17, 15) is 28.1 Å². The lowest BCUT2D eigenvalue weighted by Gasteiger charge is -2.31. The number of benzene rings is 3. The zero-order valence-corrected chi connectivity index (χ0v) is 25.7. The quantitative estimate of drug-likeness (QED) is 0.124. The van der Waals surface area contributed by atoms with Crippen molar-refractivity contribution in [2.24, 2.45) is 0 Å². The lowest BCUT2D eigenvalue weighted by Crippen LogP contribution is -2.38. The molecule has 236 valence electrons. The van der Waals surface area contributed by atoms with E-state index in [1.54, 1.807) is 20.0 Å². The number of anilines is 2. The van der Waals surface area contributed by atoms with Crippen LogP contribution in [0.5, 0.6) is 0 Å². The van der Waals surface area contributed by atoms with E-state index in [1.165, 1.54) is 36.7 Å². The molecular weight excluding hydrogens is 631 g/mol. The lowest BCUT2D eigenvalue weighted by molar-refractivity contribution is -0.182. The summed E-state index contributed by atoms with van der Waals surface area (Å²) in [5.74, 6) is -0.488. The summed E-state index contributed by atoms with van der Waals surface area (Å²) in [4.78, 5) is 4.43. The summed E-state index contributed by atoms with van der Waals surface area (Å²) in [5.41, 5.74) is -0.320. The summed E-state index contributed by atoms with van der Waals surface area (Å²) >= 11 is 6.77. The number of nitrogens with zero attached hydrogens (tertiary/aromatic N) is 6. The first-order chi connectivity index (χ1) is 22.5. The van der Waals surface area contributed by atoms with Crippen LogP contribution in [0.4, 0.5) is 28.9 Å². The van der Waals surface area contributed by atoms with E-state index in [4.69, 9.17) is 11.6 Å². The Bertz CT molecular complexity index is 2020. The van der Waals surface area contributed by atoms with E-state index >= 15 is 0 Å². The van der Waals surface area contributed by atoms with Crippen LogP contribution in [0, 0.1) is 28.5 Å². The molecule has 2 atom stereocenters. The fraction of sp³-hybridized carbons (Fsp3) is 0.242. The van der Waals surface area contributed by atoms with Gasteiger partial charge in [-0.2, -0.15) is 23.7 Å². The Morgan fingerprint density at radius 1 is 1.06 bits per heavy atom. The lowest BCUT2D eigenvalue weighted by atomic mass is 9.69. The number of nitrogens with one attached hydrogen (secondary N) is 2. The molecule has 0 spiro atoms. The van der Waals surface area contributed by atoms with Crippen molar-refractivity contribution < 1.29 is 17.6 Å². The van der Waals surface area contributed by atoms with Crippen LogP contribution in [0.25, 0.3) is 10.9 Å². The Hall–Kier alpha value is -5.14. The van der Waals surface area contributed by atoms with Crippen LogP contribution in [0.3, 0.4) is 0 Å². The molecule has 1 aliphatic rings. The molecule has 2 N–H and O–H groups in total. The zero-order valence-electron chi connectivity index (χ0n) is 25.0. The highest BCUT2D eigenvalue weighted by Gasteiger charge is 2.66. The molecule has 1 saturated carbocycles. The van der Waals surface area contributed by atoms with E-state index < -0.39 is 23.0 Å². The molecule has 0 radical (unpaired) electrons. The largest absolute Gasteiger partial charge is 0.413 e. The van der Waals surface area contributed by atoms with Crippen LogP contribution in [-0.2, 0) is 11.0 Å². The van der Waals surface area contributed by atoms with Gasteiger partial charge in [-0.15, -0.1) is 5.10 Å². The van der Waals surface area contributed by atoms with Gasteiger partial charge in [0, 0.05) is 23.7 Å². The number of nitriles is 2. The van der Waals surface area contributed by atoms with Gasteiger partial charge in [0.2, 0.25) is 0 Å². The van der Waals surface area contributed by atoms with Crippen LogP contribution < -0.4 is 10.6 Å². The van der Waals surface area contributed by atoms with Crippen molar-refractivity contribution in [3.8, 4) is 12.1 Å². The molecule has 1 unspecified atom stereocenters. The maximum Gasteiger partial charge on any atom is 0.413 e. The summed E-state index contributed by atoms with van der Waals surface area (Å²) in [5, 5.41) is 35.0. The molecule has 0 saturated heterocycles. The van der Waals surface area contributed by atoms with Crippen molar-refractivity contribution in [3.63, 3.8) is 0 Å². The fourth-order valence-corrected chi connectivity index (χ4v) is 6.05. The molecule has 3 aromatic carbocycles. The number of alkyl halides is 3. The third-order valence-corrected chi connectivity index (χ3v) is 8.91. The first-order valence-corrected chi connectivity index (χ1v) is 15.1. The second-order valence-corrected chi connectivity index (χ2v) is 12.1. The van der Waals surface area contributed by atoms with Crippen molar-refractivity contribution in [1.82, 2.24) is 20.0 Å². The second kappa shape index (κ2) is 12.2. The molecule has 47 heavy (non-hydrogen) atoms. The van der Waals surface area contributed by atoms with Gasteiger partial charge < -0.3 is 10.6 Å². The highest BCUT2D eigenvalue weighted by molar-refractivity contribution is 6.36. The summed E-state index contributed by atoms with van der Waals surface area (Å²) in [6.45, 7) is 0. The zero-order chi connectivity index (χ0) is 33.4. The summed E-state index contributed by atoms with van der Waals surface area (Å²) in [6.07, 6.45) is -1.32. The molecule has 2 aromatic heterocycles. The molecule has 0 aliphatic heterocycles. The first-order valence-electron chi connectivity index (χ1n) is 14.7. The molecule has 1 fully saturated rings. The summed E-state index contributed by atoms with van der Waals surface area (Å²) in [7, 11) is 1.70. The number of aromatic nitrogens is 4. The van der Waals surface area contributed by atoms with Crippen LogP contribution in [-0.4, -0.2) is 34.0 Å². The molecule has 0 amide bonds. The van der Waals surface area contributed by atoms with Gasteiger partial charge in [0.15, 0.2) is 5.54 Å². The number of hydrogen-bond acceptors (Lipinski definition) is 7. The van der Waals surface area contributed by atoms with Crippen molar-refractivity contribution in [2.75, 3.05) is 10.6 Å². The number of rotatable bonds is 10. The van der Waals surface area contributed by atoms with E-state index in [0.29, 0.717) is 34.3 Å². The van der Waals surface area contributed by atoms with Gasteiger partial charge in [-0.25, -0.2) is 9.07 Å². The minimum absolute atomic E-state index is 0.109. The van der Waals surface area contributed by atoms with Crippen LogP contribution in [0.2, 0.25) is 5.02 Å². The van der Waals surface area contributed by atoms with Crippen LogP contribution in [0.1, 0.15) is 54.1 Å². The molecule has 8 nitrogen and oxygen atoms in total. The number of hydrogen-bond donors (Lipinski definition) is 2. The van der Waals surface area contributed by atoms with Gasteiger partial charge in [-0.05, 0) is 54.7 Å². The molecule has 5 aromatic rings. The SMILES string of the molecule is BC(Nc1cc(Cl)c2ncc(C#N)c(N[C@H](CCC#N)c3ccccc3)c2c1)(c1ccc(F)cc1)c1cn(C2(C(F)(F)F)CC2)nn1. The van der Waals surface area contributed by atoms with Gasteiger partial charge in [0.05, 0.1) is 45.5 Å². The number of fused-ring (bicyclic) bond motifs is 1. The second-order valence-electron chi connectivity index (χ2n) is 11.7. The predicted molar refractivity (Wildman–Crippen MR) is 172 cm³/mol. The first kappa shape index (κ1) is 31.8. The normalized spacial score (nSPS) is 15.6. The van der Waals surface area contributed by atoms with Crippen molar-refractivity contribution in [3.05, 3.63) is 112 Å². The molecule has 6 rings (SSSR count). The number of pyridine rings is 1. The average molecular weight is 657 g/mol. The molecule has 14 heteroatoms. The van der Waals surface area contributed by atoms with E-state index in [1.807, 2.05) is 30.3 Å². The Labute approximate surface area is 273 Å². The minimum Gasteiger partial charge on any atom is -0.378 e. The average Bonchev–Trinajstić information content (AvgIpc) is 3.73. The van der Waals surface area contributed by atoms with Gasteiger partial charge in [0.1, 0.15) is 25.4 Å². The molecule has 1 aliphatic carbocycles. The van der Waals surface area contributed by atoms with Crippen molar-refractivity contribution in [1.29, 1.82) is 10.5 Å². The van der Waals surface area contributed by atoms with Gasteiger partial charge in [-0.3, -0.25) is 4.98 Å². The summed E-state index contributed by atoms with van der Waals surface area (Å²) < 4.78 is 56.7. The number of halogens is 5. The van der Waals surface area contributed by atoms with E-state index in [-0.39, 0.29) is 41.6 Å². The topological polar surface area (TPSA) is 115 Å². The van der Waals surface area contributed by atoms with Crippen molar-refractivity contribution in [2.45, 2.75) is 48.9 Å². The standard InChI is InChI=1S/C33H26BClF4N8/c34-32(22-8-10-23(36)11-9-22,28-19-47(46-45-28)31(12-13-31)33(37,38)39)44-24-15-25-29(21(17-41)18-42-30(25)26(35)16-24)43-27(7-4-14-40)20-5-2-1-3-6-20/h1-3,5-6,8-11,15-16,18-19,27,44H,4,7,12-13,34H2,(H,42,43)/t27-,32?/m1/s1. The van der Waals surface area contributed by atoms with Crippen molar-refractivity contribution >= 4 is 41.7 Å². The molecular formula is C33H26BClF4N8. The predicted octanol–water partition coefficient (Wildman–Crippen LogP) is 6.95. The smallest absolute Gasteiger partial charge is 0.378 e. The fourth-order valence-electron chi connectivity index (χ4n) is 5.78. The highest BCUT2D eigenvalue weighted by atomic mass is 35.5.